The van der Waals surface area contributed by atoms with Crippen LogP contribution in [0.4, 0.5) is 5.69 Å². The highest BCUT2D eigenvalue weighted by Crippen LogP contribution is 2.35. The summed E-state index contributed by atoms with van der Waals surface area (Å²) in [6, 6.07) is 7.19. The molecular formula is C17H12NO7-. The van der Waals surface area contributed by atoms with Crippen molar-refractivity contribution in [1.29, 1.82) is 0 Å². The Morgan fingerprint density at radius 1 is 1.24 bits per heavy atom. The van der Waals surface area contributed by atoms with Crippen LogP contribution in [0.5, 0.6) is 23.0 Å². The molecule has 0 amide bonds. The summed E-state index contributed by atoms with van der Waals surface area (Å²) in [4.78, 5) is 22.4. The lowest BCUT2D eigenvalue weighted by Gasteiger charge is -2.13. The van der Waals surface area contributed by atoms with Crippen LogP contribution in [-0.2, 0) is 0 Å². The third-order valence-corrected chi connectivity index (χ3v) is 3.56. The van der Waals surface area contributed by atoms with Crippen LogP contribution in [0.2, 0.25) is 0 Å². The van der Waals surface area contributed by atoms with Crippen molar-refractivity contribution >= 4 is 17.5 Å². The summed E-state index contributed by atoms with van der Waals surface area (Å²) in [5.41, 5.74) is 0.0641. The van der Waals surface area contributed by atoms with Gasteiger partial charge in [0.25, 0.3) is 5.69 Å². The fourth-order valence-corrected chi connectivity index (χ4v) is 2.31. The minimum Gasteiger partial charge on any atom is -0.865 e. The standard InChI is InChI=1S/C17H13NO7/c1-23-16-7-10(6-12(17(16)20)18(21)22)2-4-13(19)11-3-5-14-15(8-11)25-9-24-14/h2-8,20H,9H2,1H3/p-1/b4-2+. The van der Waals surface area contributed by atoms with Crippen molar-refractivity contribution in [2.75, 3.05) is 13.9 Å². The van der Waals surface area contributed by atoms with Crippen LogP contribution in [0.15, 0.2) is 36.4 Å². The second-order valence-electron chi connectivity index (χ2n) is 5.09. The number of nitro benzene ring substituents is 1. The number of ketones is 1. The maximum absolute atomic E-state index is 12.2. The van der Waals surface area contributed by atoms with Gasteiger partial charge in [0, 0.05) is 17.4 Å². The lowest BCUT2D eigenvalue weighted by Crippen LogP contribution is -2.01. The van der Waals surface area contributed by atoms with Crippen molar-refractivity contribution in [2.45, 2.75) is 0 Å². The molecule has 0 saturated carbocycles. The van der Waals surface area contributed by atoms with E-state index in [4.69, 9.17) is 14.2 Å². The van der Waals surface area contributed by atoms with Crippen LogP contribution >= 0.6 is 0 Å². The Balaban J connectivity index is 1.87. The quantitative estimate of drug-likeness (QED) is 0.355. The van der Waals surface area contributed by atoms with Crippen LogP contribution in [0.3, 0.4) is 0 Å². The number of nitrogens with zero attached hydrogens (tertiary/aromatic N) is 1. The van der Waals surface area contributed by atoms with Crippen molar-refractivity contribution in [1.82, 2.24) is 0 Å². The van der Waals surface area contributed by atoms with Gasteiger partial charge >= 0.3 is 0 Å². The van der Waals surface area contributed by atoms with Crippen molar-refractivity contribution in [3.05, 3.63) is 57.6 Å². The molecule has 0 radical (unpaired) electrons. The second kappa shape index (κ2) is 6.52. The number of hydrogen-bond acceptors (Lipinski definition) is 7. The highest BCUT2D eigenvalue weighted by molar-refractivity contribution is 6.07. The average molecular weight is 342 g/mol. The van der Waals surface area contributed by atoms with E-state index >= 15 is 0 Å². The Bertz CT molecular complexity index is 889. The lowest BCUT2D eigenvalue weighted by atomic mass is 10.1. The summed E-state index contributed by atoms with van der Waals surface area (Å²) in [5.74, 6) is -0.263. The molecule has 25 heavy (non-hydrogen) atoms. The summed E-state index contributed by atoms with van der Waals surface area (Å²) in [6.45, 7) is 0.105. The summed E-state index contributed by atoms with van der Waals surface area (Å²) >= 11 is 0. The van der Waals surface area contributed by atoms with Crippen LogP contribution in [0.25, 0.3) is 6.08 Å². The third-order valence-electron chi connectivity index (χ3n) is 3.56. The van der Waals surface area contributed by atoms with E-state index in [1.807, 2.05) is 0 Å². The molecule has 0 saturated heterocycles. The SMILES string of the molecule is COc1cc(/C=C/C(=O)c2ccc3c(c2)OCO3)cc([N+](=O)[O-])c1[O-]. The average Bonchev–Trinajstić information content (AvgIpc) is 3.07. The normalized spacial score (nSPS) is 12.4. The van der Waals surface area contributed by atoms with Crippen molar-refractivity contribution < 1.29 is 29.0 Å². The molecule has 128 valence electrons. The largest absolute Gasteiger partial charge is 0.865 e. The van der Waals surface area contributed by atoms with Gasteiger partial charge in [-0.2, -0.15) is 0 Å². The Kier molecular flexibility index (Phi) is 4.25. The van der Waals surface area contributed by atoms with Gasteiger partial charge < -0.3 is 19.3 Å². The van der Waals surface area contributed by atoms with Gasteiger partial charge in [-0.15, -0.1) is 0 Å². The van der Waals surface area contributed by atoms with Crippen LogP contribution in [0.1, 0.15) is 15.9 Å². The Morgan fingerprint density at radius 2 is 2.00 bits per heavy atom. The summed E-state index contributed by atoms with van der Waals surface area (Å²) in [7, 11) is 1.24. The van der Waals surface area contributed by atoms with Gasteiger partial charge in [-0.1, -0.05) is 6.08 Å². The molecule has 1 aliphatic heterocycles. The minimum atomic E-state index is -0.813. The van der Waals surface area contributed by atoms with Gasteiger partial charge in [-0.05, 0) is 35.9 Å². The molecule has 2 aromatic carbocycles. The molecule has 3 rings (SSSR count). The first kappa shape index (κ1) is 16.3. The molecule has 0 spiro atoms. The number of methoxy groups -OCH3 is 1. The molecule has 0 aliphatic carbocycles. The third kappa shape index (κ3) is 3.23. The van der Waals surface area contributed by atoms with Gasteiger partial charge in [0.2, 0.25) is 6.79 Å². The van der Waals surface area contributed by atoms with Crippen molar-refractivity contribution in [3.63, 3.8) is 0 Å². The second-order valence-corrected chi connectivity index (χ2v) is 5.09. The Morgan fingerprint density at radius 3 is 2.72 bits per heavy atom. The summed E-state index contributed by atoms with van der Waals surface area (Å²) in [6.07, 6.45) is 2.63. The molecular weight excluding hydrogens is 330 g/mol. The number of fused-ring (bicyclic) bond motifs is 1. The molecule has 0 N–H and O–H groups in total. The monoisotopic (exact) mass is 342 g/mol. The number of hydrogen-bond donors (Lipinski definition) is 0. The molecule has 8 heteroatoms. The summed E-state index contributed by atoms with van der Waals surface area (Å²) < 4.78 is 15.2. The number of rotatable bonds is 5. The van der Waals surface area contributed by atoms with Gasteiger partial charge in [0.15, 0.2) is 17.3 Å². The van der Waals surface area contributed by atoms with E-state index in [2.05, 4.69) is 0 Å². The van der Waals surface area contributed by atoms with Crippen molar-refractivity contribution in [2.24, 2.45) is 0 Å². The van der Waals surface area contributed by atoms with Crippen LogP contribution < -0.4 is 19.3 Å². The highest BCUT2D eigenvalue weighted by Gasteiger charge is 2.16. The first-order valence-corrected chi connectivity index (χ1v) is 7.15. The molecule has 0 atom stereocenters. The predicted octanol–water partition coefficient (Wildman–Crippen LogP) is 2.30. The lowest BCUT2D eigenvalue weighted by molar-refractivity contribution is -0.398. The number of nitro groups is 1. The van der Waals surface area contributed by atoms with E-state index < -0.39 is 16.4 Å². The Labute approximate surface area is 142 Å². The van der Waals surface area contributed by atoms with E-state index in [0.717, 1.165) is 6.07 Å². The number of carbonyl (C=O) groups excluding carboxylic acids is 1. The predicted molar refractivity (Wildman–Crippen MR) is 85.0 cm³/mol. The zero-order valence-electron chi connectivity index (χ0n) is 13.1. The summed E-state index contributed by atoms with van der Waals surface area (Å²) in [5, 5.41) is 22.7. The van der Waals surface area contributed by atoms with Crippen LogP contribution in [0, 0.1) is 10.1 Å². The maximum Gasteiger partial charge on any atom is 0.266 e. The van der Waals surface area contributed by atoms with E-state index in [0.29, 0.717) is 22.6 Å². The van der Waals surface area contributed by atoms with Gasteiger partial charge in [-0.3, -0.25) is 14.9 Å². The zero-order chi connectivity index (χ0) is 18.0. The number of carbonyl (C=O) groups is 1. The fourth-order valence-electron chi connectivity index (χ4n) is 2.31. The van der Waals surface area contributed by atoms with Crippen molar-refractivity contribution in [3.8, 4) is 23.0 Å². The molecule has 1 heterocycles. The van der Waals surface area contributed by atoms with E-state index in [1.165, 1.54) is 25.3 Å². The molecule has 0 fully saturated rings. The van der Waals surface area contributed by atoms with Gasteiger partial charge in [-0.25, -0.2) is 0 Å². The van der Waals surface area contributed by atoms with Gasteiger partial charge in [0.1, 0.15) is 5.75 Å². The minimum absolute atomic E-state index is 0.105. The zero-order valence-corrected chi connectivity index (χ0v) is 13.1. The first-order valence-electron chi connectivity index (χ1n) is 7.15. The molecule has 0 unspecified atom stereocenters. The Hall–Kier alpha value is -3.55. The topological polar surface area (TPSA) is 111 Å². The van der Waals surface area contributed by atoms with Crippen LogP contribution in [-0.4, -0.2) is 24.6 Å². The maximum atomic E-state index is 12.2. The van der Waals surface area contributed by atoms with E-state index in [9.17, 15) is 20.0 Å². The smallest absolute Gasteiger partial charge is 0.266 e. The number of benzene rings is 2. The first-order chi connectivity index (χ1) is 12.0. The molecule has 1 aliphatic rings. The highest BCUT2D eigenvalue weighted by atomic mass is 16.7. The number of ether oxygens (including phenoxy) is 3. The number of allylic oxidation sites excluding steroid dienone is 1. The van der Waals surface area contributed by atoms with E-state index in [1.54, 1.807) is 18.2 Å². The fraction of sp³-hybridized carbons (Fsp3) is 0.118. The molecule has 2 aromatic rings. The molecule has 8 nitrogen and oxygen atoms in total. The van der Waals surface area contributed by atoms with E-state index in [-0.39, 0.29) is 18.3 Å². The molecule has 0 bridgehead atoms. The van der Waals surface area contributed by atoms with Gasteiger partial charge in [0.05, 0.1) is 12.0 Å². The molecule has 0 aromatic heterocycles.